The van der Waals surface area contributed by atoms with Crippen molar-refractivity contribution in [1.29, 1.82) is 0 Å². The zero-order chi connectivity index (χ0) is 12.1. The van der Waals surface area contributed by atoms with Crippen LogP contribution in [-0.4, -0.2) is 29.5 Å². The average Bonchev–Trinajstić information content (AvgIpc) is 2.86. The lowest BCUT2D eigenvalue weighted by molar-refractivity contribution is -0.134. The third-order valence-electron chi connectivity index (χ3n) is 2.69. The fourth-order valence-electron chi connectivity index (χ4n) is 1.76. The van der Waals surface area contributed by atoms with Gasteiger partial charge in [0, 0.05) is 24.4 Å². The minimum absolute atomic E-state index is 0.0315. The van der Waals surface area contributed by atoms with Gasteiger partial charge in [-0.2, -0.15) is 5.10 Å². The second-order valence-corrected chi connectivity index (χ2v) is 3.93. The van der Waals surface area contributed by atoms with E-state index in [4.69, 9.17) is 4.74 Å². The summed E-state index contributed by atoms with van der Waals surface area (Å²) in [5.41, 5.74) is 0.865. The van der Waals surface area contributed by atoms with Crippen LogP contribution >= 0.6 is 0 Å². The van der Waals surface area contributed by atoms with Crippen LogP contribution in [0.2, 0.25) is 0 Å². The van der Waals surface area contributed by atoms with E-state index < -0.39 is 0 Å². The maximum Gasteiger partial charge on any atom is 0.330 e. The molecule has 0 aliphatic carbocycles. The van der Waals surface area contributed by atoms with Crippen LogP contribution in [0, 0.1) is 0 Å². The SMILES string of the molecule is COC(=O)/C=C/c1cnn(C2CCCCO2)c1. The Labute approximate surface area is 100 Å². The second-order valence-electron chi connectivity index (χ2n) is 3.93. The van der Waals surface area contributed by atoms with Crippen molar-refractivity contribution in [3.63, 3.8) is 0 Å². The number of carbonyl (C=O) groups is 1. The minimum Gasteiger partial charge on any atom is -0.466 e. The molecule has 5 heteroatoms. The fraction of sp³-hybridized carbons (Fsp3) is 0.500. The molecule has 0 radical (unpaired) electrons. The van der Waals surface area contributed by atoms with Crippen LogP contribution < -0.4 is 0 Å². The summed E-state index contributed by atoms with van der Waals surface area (Å²) in [4.78, 5) is 10.9. The molecule has 1 saturated heterocycles. The summed E-state index contributed by atoms with van der Waals surface area (Å²) in [6, 6.07) is 0. The number of aromatic nitrogens is 2. The van der Waals surface area contributed by atoms with Gasteiger partial charge in [-0.05, 0) is 25.3 Å². The molecule has 17 heavy (non-hydrogen) atoms. The van der Waals surface area contributed by atoms with Gasteiger partial charge in [-0.1, -0.05) is 0 Å². The van der Waals surface area contributed by atoms with E-state index >= 15 is 0 Å². The normalized spacial score (nSPS) is 20.6. The third-order valence-corrected chi connectivity index (χ3v) is 2.69. The maximum absolute atomic E-state index is 10.9. The summed E-state index contributed by atoms with van der Waals surface area (Å²) in [7, 11) is 1.35. The van der Waals surface area contributed by atoms with Crippen molar-refractivity contribution < 1.29 is 14.3 Å². The Hall–Kier alpha value is -1.62. The summed E-state index contributed by atoms with van der Waals surface area (Å²) in [5.74, 6) is -0.369. The predicted octanol–water partition coefficient (Wildman–Crippen LogP) is 1.77. The lowest BCUT2D eigenvalue weighted by atomic mass is 10.2. The number of hydrogen-bond donors (Lipinski definition) is 0. The molecule has 1 aliphatic rings. The highest BCUT2D eigenvalue weighted by atomic mass is 16.5. The Balaban J connectivity index is 2.00. The Kier molecular flexibility index (Phi) is 3.93. The molecular weight excluding hydrogens is 220 g/mol. The lowest BCUT2D eigenvalue weighted by Gasteiger charge is -2.22. The van der Waals surface area contributed by atoms with E-state index in [0.717, 1.165) is 31.4 Å². The van der Waals surface area contributed by atoms with Gasteiger partial charge in [-0.25, -0.2) is 9.48 Å². The minimum atomic E-state index is -0.369. The van der Waals surface area contributed by atoms with Crippen LogP contribution in [0.4, 0.5) is 0 Å². The molecule has 0 amide bonds. The van der Waals surface area contributed by atoms with Crippen LogP contribution in [-0.2, 0) is 14.3 Å². The van der Waals surface area contributed by atoms with Crippen LogP contribution in [0.5, 0.6) is 0 Å². The Morgan fingerprint density at radius 2 is 2.53 bits per heavy atom. The maximum atomic E-state index is 10.9. The summed E-state index contributed by atoms with van der Waals surface area (Å²) in [6.45, 7) is 0.790. The Morgan fingerprint density at radius 1 is 1.65 bits per heavy atom. The molecule has 1 aromatic heterocycles. The molecule has 0 saturated carbocycles. The zero-order valence-electron chi connectivity index (χ0n) is 9.83. The van der Waals surface area contributed by atoms with Gasteiger partial charge in [0.2, 0.25) is 0 Å². The van der Waals surface area contributed by atoms with Gasteiger partial charge >= 0.3 is 5.97 Å². The molecule has 1 aliphatic heterocycles. The number of rotatable bonds is 3. The quantitative estimate of drug-likeness (QED) is 0.593. The Morgan fingerprint density at radius 3 is 3.24 bits per heavy atom. The van der Waals surface area contributed by atoms with Crippen LogP contribution in [0.15, 0.2) is 18.5 Å². The lowest BCUT2D eigenvalue weighted by Crippen LogP contribution is -2.18. The first-order valence-electron chi connectivity index (χ1n) is 5.71. The first-order valence-corrected chi connectivity index (χ1v) is 5.71. The van der Waals surface area contributed by atoms with E-state index in [1.165, 1.54) is 13.2 Å². The van der Waals surface area contributed by atoms with Crippen molar-refractivity contribution in [3.05, 3.63) is 24.0 Å². The monoisotopic (exact) mass is 236 g/mol. The molecule has 2 rings (SSSR count). The molecule has 2 heterocycles. The summed E-state index contributed by atoms with van der Waals surface area (Å²) in [6.07, 6.45) is 9.93. The highest BCUT2D eigenvalue weighted by molar-refractivity contribution is 5.86. The number of hydrogen-bond acceptors (Lipinski definition) is 4. The molecule has 1 aromatic rings. The number of methoxy groups -OCH3 is 1. The van der Waals surface area contributed by atoms with Gasteiger partial charge < -0.3 is 9.47 Å². The molecule has 0 spiro atoms. The van der Waals surface area contributed by atoms with Gasteiger partial charge in [0.1, 0.15) is 6.23 Å². The molecule has 1 fully saturated rings. The summed E-state index contributed by atoms with van der Waals surface area (Å²) < 4.78 is 11.9. The van der Waals surface area contributed by atoms with Crippen LogP contribution in [0.3, 0.4) is 0 Å². The molecule has 0 aromatic carbocycles. The highest BCUT2D eigenvalue weighted by Gasteiger charge is 2.15. The fourth-order valence-corrected chi connectivity index (χ4v) is 1.76. The molecule has 5 nitrogen and oxygen atoms in total. The number of esters is 1. The average molecular weight is 236 g/mol. The van der Waals surface area contributed by atoms with Gasteiger partial charge in [0.25, 0.3) is 0 Å². The van der Waals surface area contributed by atoms with Gasteiger partial charge in [0.05, 0.1) is 13.3 Å². The standard InChI is InChI=1S/C12H16N2O3/c1-16-12(15)6-5-10-8-13-14(9-10)11-4-2-3-7-17-11/h5-6,8-9,11H,2-4,7H2,1H3/b6-5+. The number of nitrogens with zero attached hydrogens (tertiary/aromatic N) is 2. The second kappa shape index (κ2) is 5.63. The molecule has 1 unspecified atom stereocenters. The summed E-state index contributed by atoms with van der Waals surface area (Å²) in [5, 5.41) is 4.23. The molecular formula is C12H16N2O3. The van der Waals surface area contributed by atoms with Crippen molar-refractivity contribution >= 4 is 12.0 Å². The number of carbonyl (C=O) groups excluding carboxylic acids is 1. The molecule has 0 bridgehead atoms. The molecule has 1 atom stereocenters. The predicted molar refractivity (Wildman–Crippen MR) is 62.1 cm³/mol. The smallest absolute Gasteiger partial charge is 0.330 e. The zero-order valence-corrected chi connectivity index (χ0v) is 9.83. The summed E-state index contributed by atoms with van der Waals surface area (Å²) >= 11 is 0. The van der Waals surface area contributed by atoms with Gasteiger partial charge in [-0.3, -0.25) is 0 Å². The van der Waals surface area contributed by atoms with Crippen molar-refractivity contribution in [2.45, 2.75) is 25.5 Å². The van der Waals surface area contributed by atoms with E-state index in [9.17, 15) is 4.79 Å². The van der Waals surface area contributed by atoms with E-state index in [1.807, 2.05) is 6.20 Å². The van der Waals surface area contributed by atoms with Gasteiger partial charge in [-0.15, -0.1) is 0 Å². The molecule has 0 N–H and O–H groups in total. The van der Waals surface area contributed by atoms with Gasteiger partial charge in [0.15, 0.2) is 0 Å². The topological polar surface area (TPSA) is 53.3 Å². The largest absolute Gasteiger partial charge is 0.466 e. The highest BCUT2D eigenvalue weighted by Crippen LogP contribution is 2.21. The first kappa shape index (κ1) is 11.9. The van der Waals surface area contributed by atoms with E-state index in [1.54, 1.807) is 17.0 Å². The van der Waals surface area contributed by atoms with Crippen molar-refractivity contribution in [2.75, 3.05) is 13.7 Å². The van der Waals surface area contributed by atoms with Crippen molar-refractivity contribution in [2.24, 2.45) is 0 Å². The van der Waals surface area contributed by atoms with E-state index in [0.29, 0.717) is 0 Å². The van der Waals surface area contributed by atoms with E-state index in [2.05, 4.69) is 9.84 Å². The first-order chi connectivity index (χ1) is 8.29. The molecule has 92 valence electrons. The third kappa shape index (κ3) is 3.17. The van der Waals surface area contributed by atoms with Crippen molar-refractivity contribution in [3.8, 4) is 0 Å². The van der Waals surface area contributed by atoms with Crippen molar-refractivity contribution in [1.82, 2.24) is 9.78 Å². The number of ether oxygens (including phenoxy) is 2. The van der Waals surface area contributed by atoms with Crippen LogP contribution in [0.25, 0.3) is 6.08 Å². The van der Waals surface area contributed by atoms with Crippen LogP contribution in [0.1, 0.15) is 31.1 Å². The Bertz CT molecular complexity index is 406. The van der Waals surface area contributed by atoms with E-state index in [-0.39, 0.29) is 12.2 Å².